The lowest BCUT2D eigenvalue weighted by atomic mass is 9.78. The van der Waals surface area contributed by atoms with Gasteiger partial charge in [0.25, 0.3) is 0 Å². The van der Waals surface area contributed by atoms with Crippen molar-refractivity contribution in [1.82, 2.24) is 14.9 Å². The van der Waals surface area contributed by atoms with E-state index < -0.39 is 46.2 Å². The van der Waals surface area contributed by atoms with Crippen LogP contribution < -0.4 is 10.0 Å². The molecule has 0 spiro atoms. The minimum atomic E-state index is -2.21. The smallest absolute Gasteiger partial charge is 0.234 e. The first-order chi connectivity index (χ1) is 12.3. The molecule has 3 rings (SSSR count). The van der Waals surface area contributed by atoms with Crippen LogP contribution in [0.2, 0.25) is 0 Å². The predicted molar refractivity (Wildman–Crippen MR) is 99.6 cm³/mol. The second-order valence-corrected chi connectivity index (χ2v) is 8.88. The first-order valence-corrected chi connectivity index (χ1v) is 10.6. The number of hydrogen-bond acceptors (Lipinski definition) is 4. The van der Waals surface area contributed by atoms with E-state index >= 15 is 0 Å². The van der Waals surface area contributed by atoms with Crippen LogP contribution in [-0.4, -0.2) is 74.0 Å². The molecule has 0 aromatic heterocycles. The lowest BCUT2D eigenvalue weighted by Gasteiger charge is -2.44. The molecule has 1 amide bonds. The Kier molecular flexibility index (Phi) is 6.57. The van der Waals surface area contributed by atoms with E-state index in [1.54, 1.807) is 7.05 Å². The monoisotopic (exact) mass is 428 g/mol. The summed E-state index contributed by atoms with van der Waals surface area (Å²) >= 11 is 10.8. The van der Waals surface area contributed by atoms with Crippen LogP contribution in [0.5, 0.6) is 0 Å². The molecular weight excluding hydrogens is 406 g/mol. The van der Waals surface area contributed by atoms with Crippen LogP contribution in [0.4, 0.5) is 4.39 Å². The Morgan fingerprint density at radius 2 is 1.96 bits per heavy atom. The topological polar surface area (TPSA) is 94.0 Å². The zero-order valence-corrected chi connectivity index (χ0v) is 16.6. The van der Waals surface area contributed by atoms with Crippen molar-refractivity contribution < 1.29 is 17.9 Å². The van der Waals surface area contributed by atoms with E-state index in [2.05, 4.69) is 15.0 Å². The molecule has 3 N–H and O–H groups in total. The molecule has 9 unspecified atom stereocenters. The second-order valence-electron chi connectivity index (χ2n) is 7.14. The average Bonchev–Trinajstić information content (AvgIpc) is 2.59. The molecule has 148 valence electrons. The van der Waals surface area contributed by atoms with Crippen molar-refractivity contribution in [3.05, 3.63) is 0 Å². The van der Waals surface area contributed by atoms with Crippen LogP contribution in [0.3, 0.4) is 0 Å². The fourth-order valence-corrected chi connectivity index (χ4v) is 5.59. The molecule has 1 aliphatic heterocycles. The second kappa shape index (κ2) is 8.36. The number of nitrogens with zero attached hydrogens (tertiary/aromatic N) is 2. The maximum atomic E-state index is 14.5. The van der Waals surface area contributed by atoms with E-state index in [4.69, 9.17) is 27.8 Å². The molecule has 26 heavy (non-hydrogen) atoms. The van der Waals surface area contributed by atoms with Crippen molar-refractivity contribution in [3.63, 3.8) is 0 Å². The van der Waals surface area contributed by atoms with Crippen LogP contribution in [0.15, 0.2) is 4.99 Å². The maximum absolute atomic E-state index is 14.5. The zero-order chi connectivity index (χ0) is 19.0. The minimum absolute atomic E-state index is 0.0883. The standard InChI is InChI=1S/C15H23Cl2FN4O3S/c1-22-6-19-8-4-5-9(12(16)11(8)15(22)23)20-14-7(18)2-3-10(13(14)17)21-26(24)25/h6-14,20-21H,2-5H2,1H3,(H,24,25). The van der Waals surface area contributed by atoms with Crippen LogP contribution in [-0.2, 0) is 16.1 Å². The van der Waals surface area contributed by atoms with Crippen LogP contribution in [0.1, 0.15) is 25.7 Å². The number of hydrogen-bond donors (Lipinski definition) is 3. The molecule has 0 bridgehead atoms. The number of rotatable bonds is 4. The number of aliphatic imine (C=N–C) groups is 1. The highest BCUT2D eigenvalue weighted by Gasteiger charge is 2.48. The number of halogens is 3. The van der Waals surface area contributed by atoms with Crippen molar-refractivity contribution in [2.45, 2.75) is 66.8 Å². The van der Waals surface area contributed by atoms with Gasteiger partial charge in [-0.05, 0) is 25.7 Å². The Morgan fingerprint density at radius 1 is 1.27 bits per heavy atom. The summed E-state index contributed by atoms with van der Waals surface area (Å²) in [4.78, 5) is 18.3. The van der Waals surface area contributed by atoms with E-state index in [1.807, 2.05) is 0 Å². The van der Waals surface area contributed by atoms with Gasteiger partial charge >= 0.3 is 0 Å². The molecular formula is C15H23Cl2FN4O3S. The third kappa shape index (κ3) is 4.07. The molecule has 1 heterocycles. The Hall–Kier alpha value is -0.320. The van der Waals surface area contributed by atoms with Gasteiger partial charge in [-0.15, -0.1) is 23.2 Å². The van der Waals surface area contributed by atoms with E-state index in [0.29, 0.717) is 19.3 Å². The fourth-order valence-electron chi connectivity index (χ4n) is 4.10. The lowest BCUT2D eigenvalue weighted by Crippen LogP contribution is -2.63. The molecule has 2 fully saturated rings. The van der Waals surface area contributed by atoms with Gasteiger partial charge in [0.05, 0.1) is 35.1 Å². The summed E-state index contributed by atoms with van der Waals surface area (Å²) in [6, 6.07) is -1.63. The first-order valence-electron chi connectivity index (χ1n) is 8.65. The molecule has 11 heteroatoms. The van der Waals surface area contributed by atoms with Crippen molar-refractivity contribution >= 4 is 46.7 Å². The highest BCUT2D eigenvalue weighted by Crippen LogP contribution is 2.36. The SMILES string of the molecule is CN1C=NC2CCC(NC3C(F)CCC(NS(=O)O)C3Cl)C(Cl)C2C1=O. The minimum Gasteiger partial charge on any atom is -0.306 e. The molecule has 2 saturated carbocycles. The normalized spacial score (nSPS) is 44.7. The first kappa shape index (κ1) is 20.4. The van der Waals surface area contributed by atoms with Crippen molar-refractivity contribution in [3.8, 4) is 0 Å². The van der Waals surface area contributed by atoms with Gasteiger partial charge < -0.3 is 10.2 Å². The van der Waals surface area contributed by atoms with E-state index in [0.717, 1.165) is 0 Å². The number of nitrogens with one attached hydrogen (secondary N) is 2. The van der Waals surface area contributed by atoms with Gasteiger partial charge in [-0.3, -0.25) is 14.3 Å². The summed E-state index contributed by atoms with van der Waals surface area (Å²) in [5.41, 5.74) is 0. The molecule has 0 aromatic rings. The summed E-state index contributed by atoms with van der Waals surface area (Å²) < 4.78 is 37.0. The van der Waals surface area contributed by atoms with E-state index in [-0.39, 0.29) is 24.4 Å². The van der Waals surface area contributed by atoms with Gasteiger partial charge in [0.2, 0.25) is 17.2 Å². The summed E-state index contributed by atoms with van der Waals surface area (Å²) in [5, 5.41) is 1.96. The quantitative estimate of drug-likeness (QED) is 0.460. The third-order valence-electron chi connectivity index (χ3n) is 5.51. The summed E-state index contributed by atoms with van der Waals surface area (Å²) in [6.07, 6.45) is 2.28. The number of fused-ring (bicyclic) bond motifs is 1. The summed E-state index contributed by atoms with van der Waals surface area (Å²) in [7, 11) is 1.64. The summed E-state index contributed by atoms with van der Waals surface area (Å²) in [5.74, 6) is -0.540. The van der Waals surface area contributed by atoms with Gasteiger partial charge in [-0.1, -0.05) is 0 Å². The van der Waals surface area contributed by atoms with Gasteiger partial charge in [0.15, 0.2) is 0 Å². The zero-order valence-electron chi connectivity index (χ0n) is 14.2. The highest BCUT2D eigenvalue weighted by molar-refractivity contribution is 7.77. The number of amides is 1. The number of carbonyl (C=O) groups excluding carboxylic acids is 1. The molecule has 0 saturated heterocycles. The Bertz CT molecular complexity index is 601. The molecule has 0 aromatic carbocycles. The average molecular weight is 429 g/mol. The van der Waals surface area contributed by atoms with E-state index in [9.17, 15) is 13.4 Å². The fraction of sp³-hybridized carbons (Fsp3) is 0.867. The Balaban J connectivity index is 1.70. The molecule has 2 aliphatic carbocycles. The largest absolute Gasteiger partial charge is 0.306 e. The van der Waals surface area contributed by atoms with Gasteiger partial charge in [-0.2, -0.15) is 0 Å². The molecule has 3 aliphatic rings. The van der Waals surface area contributed by atoms with Gasteiger partial charge in [-0.25, -0.2) is 13.3 Å². The Morgan fingerprint density at radius 3 is 2.65 bits per heavy atom. The van der Waals surface area contributed by atoms with Crippen LogP contribution >= 0.6 is 23.2 Å². The number of alkyl halides is 3. The summed E-state index contributed by atoms with van der Waals surface area (Å²) in [6.45, 7) is 0. The van der Waals surface area contributed by atoms with Gasteiger partial charge in [0.1, 0.15) is 6.17 Å². The molecule has 7 nitrogen and oxygen atoms in total. The van der Waals surface area contributed by atoms with Gasteiger partial charge in [0, 0.05) is 19.1 Å². The van der Waals surface area contributed by atoms with E-state index in [1.165, 1.54) is 11.2 Å². The lowest BCUT2D eigenvalue weighted by molar-refractivity contribution is -0.132. The van der Waals surface area contributed by atoms with Crippen molar-refractivity contribution in [1.29, 1.82) is 0 Å². The van der Waals surface area contributed by atoms with Crippen LogP contribution in [0, 0.1) is 5.92 Å². The predicted octanol–water partition coefficient (Wildman–Crippen LogP) is 1.03. The highest BCUT2D eigenvalue weighted by atomic mass is 35.5. The molecule has 0 radical (unpaired) electrons. The van der Waals surface area contributed by atoms with Crippen LogP contribution in [0.25, 0.3) is 0 Å². The maximum Gasteiger partial charge on any atom is 0.234 e. The van der Waals surface area contributed by atoms with Crippen molar-refractivity contribution in [2.24, 2.45) is 10.9 Å². The molecule has 9 atom stereocenters. The Labute approximate surface area is 164 Å². The number of carbonyl (C=O) groups is 1. The third-order valence-corrected chi connectivity index (χ3v) is 7.16. The van der Waals surface area contributed by atoms with Crippen molar-refractivity contribution in [2.75, 3.05) is 7.05 Å².